The summed E-state index contributed by atoms with van der Waals surface area (Å²) in [6.45, 7) is 5.67. The zero-order valence-corrected chi connectivity index (χ0v) is 12.9. The van der Waals surface area contributed by atoms with E-state index in [-0.39, 0.29) is 18.6 Å². The van der Waals surface area contributed by atoms with Crippen molar-refractivity contribution >= 4 is 11.7 Å². The monoisotopic (exact) mass is 279 g/mol. The highest BCUT2D eigenvalue weighted by atomic mass is 16.3. The first-order valence-electron chi connectivity index (χ1n) is 6.74. The number of carbonyl (C=O) groups excluding carboxylic acids is 1. The first-order chi connectivity index (χ1) is 9.23. The average molecular weight is 279 g/mol. The fourth-order valence-corrected chi connectivity index (χ4v) is 1.92. The normalized spacial score (nSPS) is 12.9. The number of anilines is 1. The minimum Gasteiger partial charge on any atom is -0.389 e. The van der Waals surface area contributed by atoms with Crippen LogP contribution in [-0.2, 0) is 0 Å². The van der Waals surface area contributed by atoms with Crippen molar-refractivity contribution in [1.82, 2.24) is 10.2 Å². The molecule has 0 heterocycles. The third kappa shape index (κ3) is 5.19. The molecular weight excluding hydrogens is 254 g/mol. The van der Waals surface area contributed by atoms with Gasteiger partial charge in [0.15, 0.2) is 0 Å². The van der Waals surface area contributed by atoms with E-state index in [9.17, 15) is 9.90 Å². The second-order valence-electron chi connectivity index (χ2n) is 5.73. The number of hydrogen-bond donors (Lipinski definition) is 3. The third-order valence-electron chi connectivity index (χ3n) is 3.04. The Hall–Kier alpha value is -1.59. The Morgan fingerprint density at radius 3 is 2.65 bits per heavy atom. The van der Waals surface area contributed by atoms with Gasteiger partial charge in [0.2, 0.25) is 0 Å². The van der Waals surface area contributed by atoms with Crippen LogP contribution in [0.15, 0.2) is 24.3 Å². The van der Waals surface area contributed by atoms with Gasteiger partial charge in [0.1, 0.15) is 0 Å². The average Bonchev–Trinajstić information content (AvgIpc) is 2.36. The largest absolute Gasteiger partial charge is 0.389 e. The Bertz CT molecular complexity index is 455. The number of aliphatic hydroxyl groups is 1. The molecule has 112 valence electrons. The predicted molar refractivity (Wildman–Crippen MR) is 81.9 cm³/mol. The van der Waals surface area contributed by atoms with Gasteiger partial charge in [0.25, 0.3) is 0 Å². The highest BCUT2D eigenvalue weighted by Gasteiger charge is 2.19. The molecular formula is C15H25N3O2. The fraction of sp³-hybridized carbons (Fsp3) is 0.533. The molecule has 0 bridgehead atoms. The Balaban J connectivity index is 2.71. The van der Waals surface area contributed by atoms with Gasteiger partial charge in [-0.25, -0.2) is 4.79 Å². The fourth-order valence-electron chi connectivity index (χ4n) is 1.92. The van der Waals surface area contributed by atoms with Gasteiger partial charge >= 0.3 is 6.03 Å². The van der Waals surface area contributed by atoms with Crippen molar-refractivity contribution in [3.8, 4) is 0 Å². The minimum absolute atomic E-state index is 0.223. The minimum atomic E-state index is -0.908. The number of urea groups is 1. The maximum Gasteiger partial charge on any atom is 0.321 e. The second-order valence-corrected chi connectivity index (χ2v) is 5.73. The molecule has 0 saturated carbocycles. The van der Waals surface area contributed by atoms with E-state index in [0.717, 1.165) is 11.3 Å². The van der Waals surface area contributed by atoms with Crippen LogP contribution in [0.4, 0.5) is 10.5 Å². The van der Waals surface area contributed by atoms with Crippen LogP contribution in [0.1, 0.15) is 32.4 Å². The Labute approximate surface area is 121 Å². The summed E-state index contributed by atoms with van der Waals surface area (Å²) in [5.41, 5.74) is 0.946. The summed E-state index contributed by atoms with van der Waals surface area (Å²) in [6, 6.07) is 7.70. The molecule has 0 aliphatic carbocycles. The number of nitrogens with one attached hydrogen (secondary N) is 2. The van der Waals surface area contributed by atoms with Crippen LogP contribution in [0.2, 0.25) is 0 Å². The summed E-state index contributed by atoms with van der Waals surface area (Å²) in [5.74, 6) is 0. The molecule has 1 atom stereocenters. The van der Waals surface area contributed by atoms with Crippen molar-refractivity contribution in [3.05, 3.63) is 29.8 Å². The molecule has 20 heavy (non-hydrogen) atoms. The topological polar surface area (TPSA) is 64.6 Å². The molecule has 0 fully saturated rings. The van der Waals surface area contributed by atoms with Crippen molar-refractivity contribution in [2.75, 3.05) is 26.0 Å². The Morgan fingerprint density at radius 1 is 1.45 bits per heavy atom. The quantitative estimate of drug-likeness (QED) is 0.774. The van der Waals surface area contributed by atoms with Crippen LogP contribution >= 0.6 is 0 Å². The van der Waals surface area contributed by atoms with Crippen molar-refractivity contribution < 1.29 is 9.90 Å². The summed E-state index contributed by atoms with van der Waals surface area (Å²) >= 11 is 0. The van der Waals surface area contributed by atoms with E-state index in [4.69, 9.17) is 0 Å². The van der Waals surface area contributed by atoms with E-state index < -0.39 is 5.60 Å². The molecule has 0 aliphatic heterocycles. The van der Waals surface area contributed by atoms with E-state index in [2.05, 4.69) is 17.6 Å². The van der Waals surface area contributed by atoms with Crippen LogP contribution < -0.4 is 10.6 Å². The lowest BCUT2D eigenvalue weighted by molar-refractivity contribution is 0.0550. The maximum atomic E-state index is 12.0. The highest BCUT2D eigenvalue weighted by Crippen LogP contribution is 2.17. The van der Waals surface area contributed by atoms with Crippen molar-refractivity contribution in [2.45, 2.75) is 32.4 Å². The van der Waals surface area contributed by atoms with Gasteiger partial charge < -0.3 is 20.6 Å². The molecule has 0 saturated heterocycles. The SMILES string of the molecule is CNC(C)c1cccc(NC(=O)N(C)CC(C)(C)O)c1. The number of hydrogen-bond acceptors (Lipinski definition) is 3. The lowest BCUT2D eigenvalue weighted by Crippen LogP contribution is -2.41. The molecule has 1 aromatic rings. The Kier molecular flexibility index (Phi) is 5.53. The molecule has 0 radical (unpaired) electrons. The van der Waals surface area contributed by atoms with E-state index in [1.54, 1.807) is 20.9 Å². The molecule has 5 nitrogen and oxygen atoms in total. The van der Waals surface area contributed by atoms with Crippen molar-refractivity contribution in [3.63, 3.8) is 0 Å². The van der Waals surface area contributed by atoms with E-state index in [0.29, 0.717) is 0 Å². The van der Waals surface area contributed by atoms with E-state index >= 15 is 0 Å². The molecule has 3 N–H and O–H groups in total. The number of nitrogens with zero attached hydrogens (tertiary/aromatic N) is 1. The van der Waals surface area contributed by atoms with Gasteiger partial charge in [-0.1, -0.05) is 12.1 Å². The van der Waals surface area contributed by atoms with Gasteiger partial charge in [-0.15, -0.1) is 0 Å². The summed E-state index contributed by atoms with van der Waals surface area (Å²) in [5, 5.41) is 15.7. The van der Waals surface area contributed by atoms with Crippen LogP contribution in [0.3, 0.4) is 0 Å². The van der Waals surface area contributed by atoms with Crippen LogP contribution in [0.25, 0.3) is 0 Å². The molecule has 1 aromatic carbocycles. The maximum absolute atomic E-state index is 12.0. The second kappa shape index (κ2) is 6.72. The molecule has 0 aromatic heterocycles. The lowest BCUT2D eigenvalue weighted by atomic mass is 10.1. The van der Waals surface area contributed by atoms with Crippen molar-refractivity contribution in [2.24, 2.45) is 0 Å². The van der Waals surface area contributed by atoms with Crippen LogP contribution in [-0.4, -0.2) is 42.3 Å². The van der Waals surface area contributed by atoms with Crippen LogP contribution in [0, 0.1) is 0 Å². The van der Waals surface area contributed by atoms with Gasteiger partial charge in [-0.05, 0) is 45.5 Å². The molecule has 5 heteroatoms. The molecule has 2 amide bonds. The number of rotatable bonds is 5. The summed E-state index contributed by atoms with van der Waals surface area (Å²) in [6.07, 6.45) is 0. The zero-order valence-electron chi connectivity index (χ0n) is 12.9. The van der Waals surface area contributed by atoms with E-state index in [1.165, 1.54) is 4.90 Å². The summed E-state index contributed by atoms with van der Waals surface area (Å²) < 4.78 is 0. The third-order valence-corrected chi connectivity index (χ3v) is 3.04. The predicted octanol–water partition coefficient (Wildman–Crippen LogP) is 2.20. The molecule has 1 unspecified atom stereocenters. The summed E-state index contributed by atoms with van der Waals surface area (Å²) in [4.78, 5) is 13.5. The standard InChI is InChI=1S/C15H25N3O2/c1-11(16-4)12-7-6-8-13(9-12)17-14(19)18(5)10-15(2,3)20/h6-9,11,16,20H,10H2,1-5H3,(H,17,19). The number of carbonyl (C=O) groups is 1. The first kappa shape index (κ1) is 16.5. The number of benzene rings is 1. The molecule has 0 spiro atoms. The highest BCUT2D eigenvalue weighted by molar-refractivity contribution is 5.89. The number of likely N-dealkylation sites (N-methyl/N-ethyl adjacent to an activating group) is 1. The Morgan fingerprint density at radius 2 is 2.10 bits per heavy atom. The summed E-state index contributed by atoms with van der Waals surface area (Å²) in [7, 11) is 3.56. The van der Waals surface area contributed by atoms with Gasteiger partial charge in [0.05, 0.1) is 12.1 Å². The smallest absolute Gasteiger partial charge is 0.321 e. The zero-order chi connectivity index (χ0) is 15.3. The number of amides is 2. The van der Waals surface area contributed by atoms with Gasteiger partial charge in [-0.2, -0.15) is 0 Å². The van der Waals surface area contributed by atoms with Crippen molar-refractivity contribution in [1.29, 1.82) is 0 Å². The van der Waals surface area contributed by atoms with Crippen LogP contribution in [0.5, 0.6) is 0 Å². The first-order valence-corrected chi connectivity index (χ1v) is 6.74. The van der Waals surface area contributed by atoms with E-state index in [1.807, 2.05) is 31.3 Å². The van der Waals surface area contributed by atoms with Gasteiger partial charge in [-0.3, -0.25) is 0 Å². The lowest BCUT2D eigenvalue weighted by Gasteiger charge is -2.25. The van der Waals surface area contributed by atoms with Gasteiger partial charge in [0, 0.05) is 18.8 Å². The molecule has 0 aliphatic rings. The molecule has 1 rings (SSSR count).